The molecule has 4 nitrogen and oxygen atoms in total. The Morgan fingerprint density at radius 2 is 0.922 bits per heavy atom. The Morgan fingerprint density at radius 3 is 1.31 bits per heavy atom. The van der Waals surface area contributed by atoms with Crippen molar-refractivity contribution >= 4 is 57.8 Å². The summed E-state index contributed by atoms with van der Waals surface area (Å²) in [5, 5.41) is 0. The first-order valence-corrected chi connectivity index (χ1v) is 23.4. The van der Waals surface area contributed by atoms with Crippen LogP contribution in [0.5, 0.6) is 0 Å². The molecule has 64 heavy (non-hydrogen) atoms. The lowest BCUT2D eigenvalue weighted by atomic mass is 9.81. The van der Waals surface area contributed by atoms with E-state index in [4.69, 9.17) is 0 Å². The third kappa shape index (κ3) is 8.11. The Morgan fingerprint density at radius 1 is 0.516 bits per heavy atom. The van der Waals surface area contributed by atoms with Crippen LogP contribution in [-0.4, -0.2) is 11.6 Å². The van der Waals surface area contributed by atoms with Crippen molar-refractivity contribution < 1.29 is 9.59 Å². The van der Waals surface area contributed by atoms with Crippen molar-refractivity contribution in [3.05, 3.63) is 239 Å². The van der Waals surface area contributed by atoms with Crippen LogP contribution in [0.25, 0.3) is 22.3 Å². The van der Waals surface area contributed by atoms with Crippen LogP contribution in [0.4, 0.5) is 22.7 Å². The van der Waals surface area contributed by atoms with Crippen LogP contribution in [0.1, 0.15) is 71.4 Å². The van der Waals surface area contributed by atoms with Gasteiger partial charge >= 0.3 is 0 Å². The summed E-state index contributed by atoms with van der Waals surface area (Å²) in [5.74, 6) is -0.237. The zero-order valence-corrected chi connectivity index (χ0v) is 37.7. The summed E-state index contributed by atoms with van der Waals surface area (Å²) in [4.78, 5) is 38.1. The van der Waals surface area contributed by atoms with Gasteiger partial charge in [0.05, 0.1) is 22.8 Å². The summed E-state index contributed by atoms with van der Waals surface area (Å²) in [7, 11) is 0. The highest BCUT2D eigenvalue weighted by molar-refractivity contribution is 8.03. The van der Waals surface area contributed by atoms with Gasteiger partial charge in [0, 0.05) is 53.2 Å². The maximum absolute atomic E-state index is 14.0. The Hall–Kier alpha value is -6.86. The second-order valence-electron chi connectivity index (χ2n) is 15.8. The average Bonchev–Trinajstić information content (AvgIpc) is 3.34. The van der Waals surface area contributed by atoms with E-state index in [1.807, 2.05) is 85.9 Å². The maximum atomic E-state index is 14.0. The second kappa shape index (κ2) is 18.9. The van der Waals surface area contributed by atoms with Crippen LogP contribution >= 0.6 is 23.5 Å². The molecule has 5 aliphatic rings. The number of fused-ring (bicyclic) bond motifs is 4. The molecular weight excluding hydrogens is 821 g/mol. The van der Waals surface area contributed by atoms with E-state index >= 15 is 0 Å². The lowest BCUT2D eigenvalue weighted by molar-refractivity contribution is 0.0979. The highest BCUT2D eigenvalue weighted by atomic mass is 32.2. The zero-order valence-electron chi connectivity index (χ0n) is 36.1. The summed E-state index contributed by atoms with van der Waals surface area (Å²) in [6.07, 6.45) is 20.5. The first kappa shape index (κ1) is 42.4. The first-order chi connectivity index (χ1) is 31.4. The van der Waals surface area contributed by atoms with Crippen LogP contribution in [0.3, 0.4) is 0 Å². The number of benzene rings is 6. The highest BCUT2D eigenvalue weighted by Gasteiger charge is 2.32. The van der Waals surface area contributed by atoms with Crippen LogP contribution < -0.4 is 9.80 Å². The molecule has 6 aromatic rings. The molecule has 0 spiro atoms. The van der Waals surface area contributed by atoms with Gasteiger partial charge in [0.25, 0.3) is 0 Å². The molecule has 0 aromatic heterocycles. The molecule has 6 aromatic carbocycles. The van der Waals surface area contributed by atoms with Gasteiger partial charge in [-0.05, 0) is 147 Å². The third-order valence-corrected chi connectivity index (χ3v) is 14.1. The molecule has 0 atom stereocenters. The van der Waals surface area contributed by atoms with E-state index in [0.717, 1.165) is 59.3 Å². The molecule has 3 aliphatic carbocycles. The number of nitrogens with zero attached hydrogens (tertiary/aromatic N) is 2. The van der Waals surface area contributed by atoms with Gasteiger partial charge in [-0.2, -0.15) is 0 Å². The third-order valence-electron chi connectivity index (χ3n) is 11.6. The fourth-order valence-electron chi connectivity index (χ4n) is 8.66. The molecule has 2 aliphatic heterocycles. The van der Waals surface area contributed by atoms with Crippen molar-refractivity contribution in [3.8, 4) is 22.3 Å². The molecule has 0 saturated heterocycles. The predicted molar refractivity (Wildman–Crippen MR) is 271 cm³/mol. The molecule has 314 valence electrons. The van der Waals surface area contributed by atoms with E-state index in [9.17, 15) is 9.59 Å². The molecule has 11 rings (SSSR count). The van der Waals surface area contributed by atoms with Gasteiger partial charge in [0.2, 0.25) is 0 Å². The summed E-state index contributed by atoms with van der Waals surface area (Å²) in [6.45, 7) is 10.7. The molecule has 0 saturated carbocycles. The van der Waals surface area contributed by atoms with Gasteiger partial charge in [0.15, 0.2) is 11.6 Å². The lowest BCUT2D eigenvalue weighted by Crippen LogP contribution is -2.21. The van der Waals surface area contributed by atoms with Crippen LogP contribution in [0.15, 0.2) is 226 Å². The fourth-order valence-corrected chi connectivity index (χ4v) is 11.0. The SMILES string of the molecule is C=C/C=C\C.C=CC.O=C1c2ccc(-c3ccc(N4C5=C(CCC=C5)Sc5ccccc54)cc3)cc2C(=O)c2ccc(-c3ccc(N4C5=C(CCC=C5)Sc5ccccc54)cc3)cc21. The number of para-hydroxylation sites is 2. The average molecular weight is 869 g/mol. The van der Waals surface area contributed by atoms with Crippen molar-refractivity contribution in [1.29, 1.82) is 0 Å². The van der Waals surface area contributed by atoms with Gasteiger partial charge in [-0.15, -0.1) is 6.58 Å². The molecule has 0 bridgehead atoms. The molecule has 0 radical (unpaired) electrons. The molecular formula is C58H48N2O2S2. The molecule has 0 unspecified atom stereocenters. The van der Waals surface area contributed by atoms with Crippen LogP contribution in [-0.2, 0) is 0 Å². The van der Waals surface area contributed by atoms with Crippen LogP contribution in [0.2, 0.25) is 0 Å². The number of ketones is 2. The molecule has 2 heterocycles. The number of allylic oxidation sites excluding steroid dienone is 10. The minimum Gasteiger partial charge on any atom is -0.309 e. The quantitative estimate of drug-likeness (QED) is 0.127. The van der Waals surface area contributed by atoms with Gasteiger partial charge in [0.1, 0.15) is 0 Å². The molecule has 0 N–H and O–H groups in total. The number of thioether (sulfide) groups is 2. The van der Waals surface area contributed by atoms with Crippen molar-refractivity contribution in [2.24, 2.45) is 0 Å². The molecule has 0 amide bonds. The monoisotopic (exact) mass is 868 g/mol. The van der Waals surface area contributed by atoms with Crippen molar-refractivity contribution in [1.82, 2.24) is 0 Å². The summed E-state index contributed by atoms with van der Waals surface area (Å²) in [5.41, 5.74) is 12.6. The van der Waals surface area contributed by atoms with Gasteiger partial charge in [-0.3, -0.25) is 9.59 Å². The first-order valence-electron chi connectivity index (χ1n) is 21.7. The minimum absolute atomic E-state index is 0.118. The molecule has 6 heteroatoms. The smallest absolute Gasteiger partial charge is 0.194 e. The fraction of sp³-hybridized carbons (Fsp3) is 0.103. The number of anilines is 4. The number of hydrogen-bond donors (Lipinski definition) is 0. The second-order valence-corrected chi connectivity index (χ2v) is 18.0. The van der Waals surface area contributed by atoms with Crippen molar-refractivity contribution in [2.45, 2.75) is 49.3 Å². The Kier molecular flexibility index (Phi) is 12.5. The van der Waals surface area contributed by atoms with Gasteiger partial charge < -0.3 is 9.80 Å². The summed E-state index contributed by atoms with van der Waals surface area (Å²) < 4.78 is 0. The standard InChI is InChI=1S/C50H34N2O2S2.C5H8.C3H6/c53-49-38-28-22-34(32-19-25-36(26-20-32)52-43-11-3-7-15-47(43)56-48-16-8-4-12-44(48)52)30-40(38)50(54)37-27-21-33(29-39(37)49)31-17-23-35(24-18-31)51-41-9-1-5-13-45(41)55-46-14-6-2-10-42(46)51;1-3-5-4-2;1-3-2/h1-5,7,9-13,15,17-30H,6,8,14,16H2;3-5H,1H2,2H3;3H,1H2,2H3/b;5-4-;. The van der Waals surface area contributed by atoms with E-state index < -0.39 is 0 Å². The highest BCUT2D eigenvalue weighted by Crippen LogP contribution is 2.51. The van der Waals surface area contributed by atoms with Crippen LogP contribution in [0, 0.1) is 0 Å². The lowest BCUT2D eigenvalue weighted by Gasteiger charge is -2.35. The largest absolute Gasteiger partial charge is 0.309 e. The number of carbonyl (C=O) groups is 2. The predicted octanol–water partition coefficient (Wildman–Crippen LogP) is 16.3. The minimum atomic E-state index is -0.118. The summed E-state index contributed by atoms with van der Waals surface area (Å²) >= 11 is 3.75. The zero-order chi connectivity index (χ0) is 44.2. The van der Waals surface area contributed by atoms with E-state index in [2.05, 4.69) is 144 Å². The van der Waals surface area contributed by atoms with Crippen molar-refractivity contribution in [2.75, 3.05) is 9.80 Å². The van der Waals surface area contributed by atoms with E-state index in [0.29, 0.717) is 22.3 Å². The van der Waals surface area contributed by atoms with E-state index in [-0.39, 0.29) is 11.6 Å². The number of rotatable bonds is 5. The Bertz CT molecular complexity index is 2790. The number of hydrogen-bond acceptors (Lipinski definition) is 6. The Labute approximate surface area is 385 Å². The number of carbonyl (C=O) groups excluding carboxylic acids is 2. The topological polar surface area (TPSA) is 40.6 Å². The van der Waals surface area contributed by atoms with Gasteiger partial charge in [-0.25, -0.2) is 0 Å². The summed E-state index contributed by atoms with van der Waals surface area (Å²) in [6, 6.07) is 45.5. The molecule has 0 fully saturated rings. The van der Waals surface area contributed by atoms with E-state index in [1.165, 1.54) is 42.4 Å². The van der Waals surface area contributed by atoms with E-state index in [1.54, 1.807) is 12.2 Å². The normalized spacial score (nSPS) is 15.4. The maximum Gasteiger partial charge on any atom is 0.194 e. The Balaban J connectivity index is 0.000000601. The van der Waals surface area contributed by atoms with Crippen molar-refractivity contribution in [3.63, 3.8) is 0 Å². The van der Waals surface area contributed by atoms with Gasteiger partial charge in [-0.1, -0.05) is 127 Å².